The lowest BCUT2D eigenvalue weighted by Gasteiger charge is -2.10. The molecule has 0 radical (unpaired) electrons. The van der Waals surface area contributed by atoms with E-state index in [9.17, 15) is 9.59 Å². The van der Waals surface area contributed by atoms with Crippen LogP contribution in [0.2, 0.25) is 0 Å². The van der Waals surface area contributed by atoms with Gasteiger partial charge in [-0.15, -0.1) is 10.2 Å². The summed E-state index contributed by atoms with van der Waals surface area (Å²) in [5.74, 6) is 0.757. The van der Waals surface area contributed by atoms with E-state index in [2.05, 4.69) is 26.0 Å². The lowest BCUT2D eigenvalue weighted by Crippen LogP contribution is -2.19. The predicted octanol–water partition coefficient (Wildman–Crippen LogP) is 4.56. The van der Waals surface area contributed by atoms with Crippen molar-refractivity contribution in [2.24, 2.45) is 5.10 Å². The van der Waals surface area contributed by atoms with Crippen molar-refractivity contribution in [1.82, 2.24) is 15.6 Å². The summed E-state index contributed by atoms with van der Waals surface area (Å²) >= 11 is 1.13. The van der Waals surface area contributed by atoms with Crippen LogP contribution in [-0.2, 0) is 11.2 Å². The van der Waals surface area contributed by atoms with Gasteiger partial charge in [-0.1, -0.05) is 58.9 Å². The van der Waals surface area contributed by atoms with Gasteiger partial charge in [0.2, 0.25) is 11.0 Å². The number of rotatable bonds is 11. The zero-order valence-electron chi connectivity index (χ0n) is 21.0. The van der Waals surface area contributed by atoms with Crippen LogP contribution in [0.4, 0.5) is 5.13 Å². The Kier molecular flexibility index (Phi) is 9.14. The third-order valence-corrected chi connectivity index (χ3v) is 6.09. The van der Waals surface area contributed by atoms with Gasteiger partial charge >= 0.3 is 0 Å². The highest BCUT2D eigenvalue weighted by Crippen LogP contribution is 2.18. The Balaban J connectivity index is 1.23. The molecule has 0 spiro atoms. The molecule has 0 saturated heterocycles. The fourth-order valence-electron chi connectivity index (χ4n) is 3.26. The fourth-order valence-corrected chi connectivity index (χ4v) is 4.00. The monoisotopic (exact) mass is 529 g/mol. The Morgan fingerprint density at radius 2 is 1.58 bits per heavy atom. The van der Waals surface area contributed by atoms with E-state index in [1.807, 2.05) is 74.5 Å². The fraction of sp³-hybridized carbons (Fsp3) is 0.179. The Bertz CT molecular complexity index is 1400. The molecule has 2 amide bonds. The van der Waals surface area contributed by atoms with Crippen molar-refractivity contribution < 1.29 is 19.1 Å². The van der Waals surface area contributed by atoms with Crippen LogP contribution < -0.4 is 20.2 Å². The third kappa shape index (κ3) is 7.97. The summed E-state index contributed by atoms with van der Waals surface area (Å²) in [6, 6.07) is 22.4. The second kappa shape index (κ2) is 13.1. The summed E-state index contributed by atoms with van der Waals surface area (Å²) in [5, 5.41) is 15.4. The molecule has 0 atom stereocenters. The Morgan fingerprint density at radius 1 is 0.895 bits per heavy atom. The van der Waals surface area contributed by atoms with Crippen LogP contribution in [0.25, 0.3) is 0 Å². The maximum absolute atomic E-state index is 12.3. The van der Waals surface area contributed by atoms with Gasteiger partial charge in [0.15, 0.2) is 0 Å². The lowest BCUT2D eigenvalue weighted by molar-refractivity contribution is -0.120. The first-order valence-electron chi connectivity index (χ1n) is 11.9. The van der Waals surface area contributed by atoms with Crippen LogP contribution in [0.1, 0.15) is 32.1 Å². The predicted molar refractivity (Wildman–Crippen MR) is 147 cm³/mol. The van der Waals surface area contributed by atoms with Gasteiger partial charge in [0.25, 0.3) is 5.91 Å². The normalized spacial score (nSPS) is 10.8. The Labute approximate surface area is 224 Å². The van der Waals surface area contributed by atoms with Gasteiger partial charge in [-0.25, -0.2) is 5.43 Å². The van der Waals surface area contributed by atoms with Crippen LogP contribution in [0.15, 0.2) is 77.9 Å². The van der Waals surface area contributed by atoms with Gasteiger partial charge in [0.1, 0.15) is 29.7 Å². The third-order valence-electron chi connectivity index (χ3n) is 5.26. The number of para-hydroxylation sites is 1. The largest absolute Gasteiger partial charge is 0.490 e. The average molecular weight is 530 g/mol. The lowest BCUT2D eigenvalue weighted by atomic mass is 10.1. The van der Waals surface area contributed by atoms with Crippen molar-refractivity contribution in [3.63, 3.8) is 0 Å². The Hall–Kier alpha value is -4.57. The van der Waals surface area contributed by atoms with Crippen LogP contribution >= 0.6 is 11.3 Å². The van der Waals surface area contributed by atoms with Gasteiger partial charge in [-0.2, -0.15) is 5.10 Å². The van der Waals surface area contributed by atoms with E-state index in [0.29, 0.717) is 40.2 Å². The van der Waals surface area contributed by atoms with Crippen molar-refractivity contribution in [3.8, 4) is 11.5 Å². The van der Waals surface area contributed by atoms with Crippen molar-refractivity contribution in [2.45, 2.75) is 20.3 Å². The molecule has 3 aromatic carbocycles. The molecule has 4 rings (SSSR count). The van der Waals surface area contributed by atoms with Gasteiger partial charge in [-0.3, -0.25) is 14.9 Å². The van der Waals surface area contributed by atoms with Crippen molar-refractivity contribution >= 4 is 34.5 Å². The topological polar surface area (TPSA) is 115 Å². The molecule has 0 aliphatic heterocycles. The zero-order valence-corrected chi connectivity index (χ0v) is 21.8. The van der Waals surface area contributed by atoms with Crippen molar-refractivity contribution in [1.29, 1.82) is 0 Å². The highest BCUT2D eigenvalue weighted by atomic mass is 32.1. The number of nitrogens with zero attached hydrogens (tertiary/aromatic N) is 3. The minimum Gasteiger partial charge on any atom is -0.490 e. The van der Waals surface area contributed by atoms with Gasteiger partial charge < -0.3 is 9.47 Å². The molecule has 4 aromatic rings. The molecule has 0 fully saturated rings. The zero-order chi connectivity index (χ0) is 26.7. The molecule has 38 heavy (non-hydrogen) atoms. The number of nitrogens with one attached hydrogen (secondary N) is 2. The van der Waals surface area contributed by atoms with E-state index >= 15 is 0 Å². The van der Waals surface area contributed by atoms with E-state index in [-0.39, 0.29) is 18.2 Å². The number of hydrazone groups is 1. The molecule has 0 bridgehead atoms. The van der Waals surface area contributed by atoms with Crippen LogP contribution in [0, 0.1) is 13.8 Å². The summed E-state index contributed by atoms with van der Waals surface area (Å²) in [4.78, 5) is 24.6. The number of aromatic nitrogens is 2. The maximum Gasteiger partial charge on any atom is 0.257 e. The number of hydrogen-bond donors (Lipinski definition) is 2. The van der Waals surface area contributed by atoms with E-state index in [1.54, 1.807) is 12.1 Å². The molecule has 1 aromatic heterocycles. The number of carbonyl (C=O) groups is 2. The molecule has 0 aliphatic carbocycles. The Morgan fingerprint density at radius 3 is 2.34 bits per heavy atom. The number of amides is 2. The quantitative estimate of drug-likeness (QED) is 0.167. The minimum atomic E-state index is -0.362. The van der Waals surface area contributed by atoms with E-state index < -0.39 is 0 Å². The molecule has 1 heterocycles. The molecule has 9 nitrogen and oxygen atoms in total. The number of anilines is 1. The second-order valence-corrected chi connectivity index (χ2v) is 9.40. The standard InChI is InChI=1S/C28H27N5O4S/c1-19-7-11-21(12-8-19)27(35)30-28-33-32-26(38-28)17-25(34)31-29-18-22-5-3-4-6-24(22)37-16-15-36-23-13-9-20(2)10-14-23/h3-14,18H,15-17H2,1-2H3,(H,31,34)(H,30,33,35)/b29-18+. The average Bonchev–Trinajstić information content (AvgIpc) is 3.35. The van der Waals surface area contributed by atoms with Crippen molar-refractivity contribution in [3.05, 3.63) is 100 Å². The molecule has 0 saturated carbocycles. The summed E-state index contributed by atoms with van der Waals surface area (Å²) < 4.78 is 11.5. The minimum absolute atomic E-state index is 0.0239. The number of ether oxygens (including phenoxy) is 2. The molecular formula is C28H27N5O4S. The summed E-state index contributed by atoms with van der Waals surface area (Å²) in [6.07, 6.45) is 1.49. The second-order valence-electron chi connectivity index (χ2n) is 8.34. The highest BCUT2D eigenvalue weighted by molar-refractivity contribution is 7.15. The summed E-state index contributed by atoms with van der Waals surface area (Å²) in [7, 11) is 0. The summed E-state index contributed by atoms with van der Waals surface area (Å²) in [5.41, 5.74) is 5.94. The SMILES string of the molecule is Cc1ccc(OCCOc2ccccc2/C=N/NC(=O)Cc2nnc(NC(=O)c3ccc(C)cc3)s2)cc1. The summed E-state index contributed by atoms with van der Waals surface area (Å²) in [6.45, 7) is 4.71. The van der Waals surface area contributed by atoms with Gasteiger partial charge in [-0.05, 0) is 50.2 Å². The molecule has 10 heteroatoms. The number of hydrogen-bond acceptors (Lipinski definition) is 8. The molecule has 0 aliphatic rings. The number of carbonyl (C=O) groups excluding carboxylic acids is 2. The van der Waals surface area contributed by atoms with E-state index in [0.717, 1.165) is 22.6 Å². The number of benzene rings is 3. The van der Waals surface area contributed by atoms with Crippen molar-refractivity contribution in [2.75, 3.05) is 18.5 Å². The molecule has 194 valence electrons. The smallest absolute Gasteiger partial charge is 0.257 e. The van der Waals surface area contributed by atoms with E-state index in [4.69, 9.17) is 9.47 Å². The van der Waals surface area contributed by atoms with Crippen LogP contribution in [0.5, 0.6) is 11.5 Å². The molecular weight excluding hydrogens is 502 g/mol. The van der Waals surface area contributed by atoms with Crippen LogP contribution in [-0.4, -0.2) is 41.4 Å². The van der Waals surface area contributed by atoms with Crippen LogP contribution in [0.3, 0.4) is 0 Å². The van der Waals surface area contributed by atoms with Gasteiger partial charge in [0, 0.05) is 11.1 Å². The molecule has 0 unspecified atom stereocenters. The first kappa shape index (κ1) is 26.5. The molecule has 2 N–H and O–H groups in total. The highest BCUT2D eigenvalue weighted by Gasteiger charge is 2.12. The first-order valence-corrected chi connectivity index (χ1v) is 12.7. The van der Waals surface area contributed by atoms with E-state index in [1.165, 1.54) is 11.8 Å². The first-order chi connectivity index (χ1) is 18.5. The maximum atomic E-state index is 12.3. The number of aryl methyl sites for hydroxylation is 2. The van der Waals surface area contributed by atoms with Gasteiger partial charge in [0.05, 0.1) is 12.6 Å².